The highest BCUT2D eigenvalue weighted by atomic mass is 79.9. The molecule has 0 aliphatic carbocycles. The van der Waals surface area contributed by atoms with Crippen molar-refractivity contribution in [1.82, 2.24) is 10.7 Å². The first kappa shape index (κ1) is 14.1. The molecule has 0 spiro atoms. The van der Waals surface area contributed by atoms with Crippen LogP contribution in [0.5, 0.6) is 0 Å². The Morgan fingerprint density at radius 1 is 1.41 bits per heavy atom. The highest BCUT2D eigenvalue weighted by Gasteiger charge is 2.06. The van der Waals surface area contributed by atoms with Gasteiger partial charge in [-0.25, -0.2) is 4.79 Å². The Kier molecular flexibility index (Phi) is 5.50. The quantitative estimate of drug-likeness (QED) is 0.568. The molecule has 0 fully saturated rings. The molecule has 17 heavy (non-hydrogen) atoms. The van der Waals surface area contributed by atoms with Crippen molar-refractivity contribution in [2.75, 3.05) is 12.0 Å². The molecule has 4 nitrogen and oxygen atoms in total. The summed E-state index contributed by atoms with van der Waals surface area (Å²) in [4.78, 5) is 11.3. The first-order valence-electron chi connectivity index (χ1n) is 4.91. The van der Waals surface area contributed by atoms with Gasteiger partial charge in [0.05, 0.1) is 5.69 Å². The van der Waals surface area contributed by atoms with Gasteiger partial charge in [-0.1, -0.05) is 6.08 Å². The minimum atomic E-state index is -0.315. The molecule has 0 saturated heterocycles. The van der Waals surface area contributed by atoms with E-state index in [1.807, 2.05) is 19.1 Å². The zero-order valence-electron chi connectivity index (χ0n) is 9.31. The Morgan fingerprint density at radius 2 is 2.00 bits per heavy atom. The minimum Gasteiger partial charge on any atom is -0.333 e. The predicted octanol–water partition coefficient (Wildman–Crippen LogP) is 3.33. The van der Waals surface area contributed by atoms with E-state index >= 15 is 0 Å². The Balaban J connectivity index is 2.63. The van der Waals surface area contributed by atoms with Crippen LogP contribution >= 0.6 is 31.9 Å². The van der Waals surface area contributed by atoms with Gasteiger partial charge in [0.15, 0.2) is 0 Å². The summed E-state index contributed by atoms with van der Waals surface area (Å²) in [6.07, 6.45) is 1.61. The van der Waals surface area contributed by atoms with E-state index in [9.17, 15) is 4.79 Å². The maximum absolute atomic E-state index is 11.3. The number of aryl methyl sites for hydroxylation is 1. The molecule has 0 unspecified atom stereocenters. The van der Waals surface area contributed by atoms with E-state index in [2.05, 4.69) is 54.6 Å². The Bertz CT molecular complexity index is 412. The van der Waals surface area contributed by atoms with Crippen molar-refractivity contribution in [1.29, 1.82) is 0 Å². The summed E-state index contributed by atoms with van der Waals surface area (Å²) in [5.41, 5.74) is 7.24. The average Bonchev–Trinajstić information content (AvgIpc) is 2.24. The van der Waals surface area contributed by atoms with Gasteiger partial charge < -0.3 is 5.32 Å². The smallest absolute Gasteiger partial charge is 0.333 e. The van der Waals surface area contributed by atoms with Crippen molar-refractivity contribution >= 4 is 43.6 Å². The lowest BCUT2D eigenvalue weighted by atomic mass is 10.2. The molecule has 0 aliphatic heterocycles. The maximum atomic E-state index is 11.3. The normalized spacial score (nSPS) is 9.59. The van der Waals surface area contributed by atoms with Crippen LogP contribution in [0.3, 0.4) is 0 Å². The molecule has 0 radical (unpaired) electrons. The second-order valence-corrected chi connectivity index (χ2v) is 5.06. The van der Waals surface area contributed by atoms with Crippen molar-refractivity contribution in [2.45, 2.75) is 6.92 Å². The van der Waals surface area contributed by atoms with Crippen LogP contribution in [0.4, 0.5) is 10.5 Å². The summed E-state index contributed by atoms with van der Waals surface area (Å²) in [6.45, 7) is 5.92. The molecule has 0 saturated carbocycles. The fourth-order valence-corrected chi connectivity index (χ4v) is 2.76. The molecule has 1 rings (SSSR count). The predicted molar refractivity (Wildman–Crippen MR) is 76.9 cm³/mol. The molecule has 6 heteroatoms. The number of rotatable bonds is 4. The molecule has 0 bridgehead atoms. The summed E-state index contributed by atoms with van der Waals surface area (Å²) in [6, 6.07) is 3.59. The largest absolute Gasteiger partial charge is 0.333 e. The van der Waals surface area contributed by atoms with Crippen molar-refractivity contribution in [2.24, 2.45) is 0 Å². The van der Waals surface area contributed by atoms with E-state index in [-0.39, 0.29) is 6.03 Å². The monoisotopic (exact) mass is 361 g/mol. The van der Waals surface area contributed by atoms with Gasteiger partial charge in [0, 0.05) is 15.5 Å². The zero-order valence-corrected chi connectivity index (χ0v) is 12.5. The highest BCUT2D eigenvalue weighted by molar-refractivity contribution is 9.11. The van der Waals surface area contributed by atoms with Gasteiger partial charge in [-0.15, -0.1) is 6.58 Å². The first-order valence-corrected chi connectivity index (χ1v) is 6.49. The summed E-state index contributed by atoms with van der Waals surface area (Å²) in [5.74, 6) is 0. The van der Waals surface area contributed by atoms with Gasteiger partial charge in [0.25, 0.3) is 0 Å². The molecule has 0 heterocycles. The number of benzene rings is 1. The van der Waals surface area contributed by atoms with E-state index in [0.29, 0.717) is 6.54 Å². The minimum absolute atomic E-state index is 0.315. The SMILES string of the molecule is C=CCNC(=O)NNc1c(Br)cc(C)cc1Br. The second-order valence-electron chi connectivity index (χ2n) is 3.35. The fraction of sp³-hybridized carbons (Fsp3) is 0.182. The number of hydrogen-bond donors (Lipinski definition) is 3. The number of halogens is 2. The van der Waals surface area contributed by atoms with Crippen LogP contribution in [-0.2, 0) is 0 Å². The van der Waals surface area contributed by atoms with Crippen molar-refractivity contribution in [3.05, 3.63) is 39.3 Å². The molecule has 1 aromatic carbocycles. The van der Waals surface area contributed by atoms with Crippen LogP contribution in [0.25, 0.3) is 0 Å². The van der Waals surface area contributed by atoms with Gasteiger partial charge >= 0.3 is 6.03 Å². The second kappa shape index (κ2) is 6.66. The lowest BCUT2D eigenvalue weighted by Gasteiger charge is -2.13. The third kappa shape index (κ3) is 4.40. The fourth-order valence-electron chi connectivity index (χ4n) is 1.15. The molecule has 92 valence electrons. The summed E-state index contributed by atoms with van der Waals surface area (Å²) in [5, 5.41) is 2.59. The van der Waals surface area contributed by atoms with E-state index in [1.54, 1.807) is 6.08 Å². The molecule has 0 atom stereocenters. The van der Waals surface area contributed by atoms with E-state index in [0.717, 1.165) is 20.2 Å². The van der Waals surface area contributed by atoms with Crippen molar-refractivity contribution in [3.8, 4) is 0 Å². The first-order chi connectivity index (χ1) is 8.04. The van der Waals surface area contributed by atoms with Crippen LogP contribution < -0.4 is 16.2 Å². The van der Waals surface area contributed by atoms with Gasteiger partial charge in [-0.2, -0.15) is 0 Å². The highest BCUT2D eigenvalue weighted by Crippen LogP contribution is 2.31. The van der Waals surface area contributed by atoms with Crippen LogP contribution in [-0.4, -0.2) is 12.6 Å². The molecule has 0 aromatic heterocycles. The number of anilines is 1. The molecular weight excluding hydrogens is 350 g/mol. The van der Waals surface area contributed by atoms with Gasteiger partial charge in [0.2, 0.25) is 0 Å². The van der Waals surface area contributed by atoms with Crippen molar-refractivity contribution in [3.63, 3.8) is 0 Å². The number of hydrazine groups is 1. The number of hydrogen-bond acceptors (Lipinski definition) is 2. The molecule has 2 amide bonds. The molecular formula is C11H13Br2N3O. The van der Waals surface area contributed by atoms with Crippen molar-refractivity contribution < 1.29 is 4.79 Å². The standard InChI is InChI=1S/C11H13Br2N3O/c1-3-4-14-11(17)16-15-10-8(12)5-7(2)6-9(10)13/h3,5-6,15H,1,4H2,2H3,(H2,14,16,17). The number of carbonyl (C=O) groups is 1. The van der Waals surface area contributed by atoms with E-state index < -0.39 is 0 Å². The lowest BCUT2D eigenvalue weighted by molar-refractivity contribution is 0.244. The molecule has 1 aromatic rings. The van der Waals surface area contributed by atoms with Crippen LogP contribution in [0.15, 0.2) is 33.7 Å². The Morgan fingerprint density at radius 3 is 2.53 bits per heavy atom. The van der Waals surface area contributed by atoms with E-state index in [4.69, 9.17) is 0 Å². The topological polar surface area (TPSA) is 53.2 Å². The third-order valence-electron chi connectivity index (χ3n) is 1.89. The number of amides is 2. The number of urea groups is 1. The summed E-state index contributed by atoms with van der Waals surface area (Å²) in [7, 11) is 0. The number of carbonyl (C=O) groups excluding carboxylic acids is 1. The lowest BCUT2D eigenvalue weighted by Crippen LogP contribution is -2.39. The zero-order chi connectivity index (χ0) is 12.8. The van der Waals surface area contributed by atoms with Gasteiger partial charge in [-0.05, 0) is 56.5 Å². The van der Waals surface area contributed by atoms with Crippen LogP contribution in [0, 0.1) is 6.92 Å². The van der Waals surface area contributed by atoms with Gasteiger partial charge in [0.1, 0.15) is 0 Å². The maximum Gasteiger partial charge on any atom is 0.333 e. The average molecular weight is 363 g/mol. The summed E-state index contributed by atoms with van der Waals surface area (Å²) < 4.78 is 1.74. The third-order valence-corrected chi connectivity index (χ3v) is 3.15. The Labute approximate surface area is 117 Å². The van der Waals surface area contributed by atoms with E-state index in [1.165, 1.54) is 0 Å². The van der Waals surface area contributed by atoms with Crippen LogP contribution in [0.1, 0.15) is 5.56 Å². The summed E-state index contributed by atoms with van der Waals surface area (Å²) >= 11 is 6.84. The molecule has 0 aliphatic rings. The van der Waals surface area contributed by atoms with Gasteiger partial charge in [-0.3, -0.25) is 10.9 Å². The van der Waals surface area contributed by atoms with Crippen LogP contribution in [0.2, 0.25) is 0 Å². The number of nitrogens with one attached hydrogen (secondary N) is 3. The molecule has 3 N–H and O–H groups in total. The Hall–Kier alpha value is -1.01.